The maximum atomic E-state index is 12.5. The molecule has 3 heterocycles. The van der Waals surface area contributed by atoms with E-state index < -0.39 is 10.0 Å². The van der Waals surface area contributed by atoms with Crippen molar-refractivity contribution >= 4 is 15.8 Å². The van der Waals surface area contributed by atoms with Gasteiger partial charge in [0.25, 0.3) is 0 Å². The second kappa shape index (κ2) is 5.34. The molecule has 3 rings (SSSR count). The van der Waals surface area contributed by atoms with E-state index >= 15 is 0 Å². The van der Waals surface area contributed by atoms with E-state index in [0.717, 1.165) is 19.5 Å². The van der Waals surface area contributed by atoms with E-state index in [1.54, 1.807) is 0 Å². The Hall–Kier alpha value is -1.12. The molecule has 1 aromatic heterocycles. The number of rotatable bonds is 3. The van der Waals surface area contributed by atoms with E-state index in [4.69, 9.17) is 5.73 Å². The maximum Gasteiger partial charge on any atom is 0.248 e. The molecule has 0 aliphatic carbocycles. The first-order valence-corrected chi connectivity index (χ1v) is 8.56. The summed E-state index contributed by atoms with van der Waals surface area (Å²) in [5.41, 5.74) is 5.64. The number of nitrogens with zero attached hydrogens (tertiary/aromatic N) is 3. The van der Waals surface area contributed by atoms with Crippen LogP contribution in [-0.2, 0) is 10.0 Å². The number of nitrogen functional groups attached to an aromatic ring is 1. The normalized spacial score (nSPS) is 26.1. The fourth-order valence-corrected chi connectivity index (χ4v) is 4.64. The predicted octanol–water partition coefficient (Wildman–Crippen LogP) is 0.241. The Morgan fingerprint density at radius 2 is 2.00 bits per heavy atom. The molecule has 1 unspecified atom stereocenters. The second-order valence-electron chi connectivity index (χ2n) is 5.55. The molecule has 0 amide bonds. The van der Waals surface area contributed by atoms with E-state index in [9.17, 15) is 8.42 Å². The minimum absolute atomic E-state index is 0.0943. The van der Waals surface area contributed by atoms with Gasteiger partial charge in [0, 0.05) is 19.1 Å². The fourth-order valence-electron chi connectivity index (χ4n) is 3.14. The van der Waals surface area contributed by atoms with Crippen molar-refractivity contribution in [3.63, 3.8) is 0 Å². The number of hydrogen-bond acceptors (Lipinski definition) is 5. The summed E-state index contributed by atoms with van der Waals surface area (Å²) in [6.45, 7) is 3.31. The monoisotopic (exact) mass is 299 g/mol. The SMILES string of the molecule is Nc1[nH]ncc1S(=O)(=O)N1CCC(N2CCCCC2)C1. The van der Waals surface area contributed by atoms with Crippen molar-refractivity contribution in [2.24, 2.45) is 0 Å². The summed E-state index contributed by atoms with van der Waals surface area (Å²) in [6.07, 6.45) is 5.92. The molecule has 0 bridgehead atoms. The molecule has 7 nitrogen and oxygen atoms in total. The van der Waals surface area contributed by atoms with E-state index in [1.807, 2.05) is 0 Å². The summed E-state index contributed by atoms with van der Waals surface area (Å²) in [5, 5.41) is 6.19. The van der Waals surface area contributed by atoms with Crippen LogP contribution >= 0.6 is 0 Å². The van der Waals surface area contributed by atoms with Gasteiger partial charge in [-0.1, -0.05) is 6.42 Å². The van der Waals surface area contributed by atoms with Crippen LogP contribution in [0.1, 0.15) is 25.7 Å². The van der Waals surface area contributed by atoms with Crippen molar-refractivity contribution in [2.75, 3.05) is 31.9 Å². The van der Waals surface area contributed by atoms with Crippen LogP contribution in [0.4, 0.5) is 5.82 Å². The smallest absolute Gasteiger partial charge is 0.248 e. The first-order valence-electron chi connectivity index (χ1n) is 7.12. The van der Waals surface area contributed by atoms with Gasteiger partial charge in [0.05, 0.1) is 6.20 Å². The standard InChI is InChI=1S/C12H21N5O2S/c13-12-11(8-14-15-12)20(18,19)17-7-4-10(9-17)16-5-2-1-3-6-16/h8,10H,1-7,9H2,(H3,13,14,15). The van der Waals surface area contributed by atoms with E-state index in [2.05, 4.69) is 15.1 Å². The first kappa shape index (κ1) is 13.8. The summed E-state index contributed by atoms with van der Waals surface area (Å²) >= 11 is 0. The minimum Gasteiger partial charge on any atom is -0.383 e. The van der Waals surface area contributed by atoms with Gasteiger partial charge in [-0.15, -0.1) is 0 Å². The summed E-state index contributed by atoms with van der Waals surface area (Å²) in [4.78, 5) is 2.52. The molecule has 2 fully saturated rings. The first-order chi connectivity index (χ1) is 9.59. The molecule has 1 atom stereocenters. The molecule has 0 radical (unpaired) electrons. The van der Waals surface area contributed by atoms with Gasteiger partial charge in [-0.2, -0.15) is 9.40 Å². The number of nitrogens with one attached hydrogen (secondary N) is 1. The fraction of sp³-hybridized carbons (Fsp3) is 0.750. The van der Waals surface area contributed by atoms with Gasteiger partial charge in [-0.3, -0.25) is 10.00 Å². The van der Waals surface area contributed by atoms with Gasteiger partial charge in [0.2, 0.25) is 10.0 Å². The number of anilines is 1. The molecule has 20 heavy (non-hydrogen) atoms. The third kappa shape index (κ3) is 2.43. The maximum absolute atomic E-state index is 12.5. The zero-order chi connectivity index (χ0) is 14.2. The molecule has 3 N–H and O–H groups in total. The number of sulfonamides is 1. The third-order valence-corrected chi connectivity index (χ3v) is 6.18. The van der Waals surface area contributed by atoms with Gasteiger partial charge in [-0.25, -0.2) is 8.42 Å². The average molecular weight is 299 g/mol. The molecular weight excluding hydrogens is 278 g/mol. The van der Waals surface area contributed by atoms with Crippen LogP contribution in [-0.4, -0.2) is 60.0 Å². The van der Waals surface area contributed by atoms with Crippen molar-refractivity contribution in [3.05, 3.63) is 6.20 Å². The third-order valence-electron chi connectivity index (χ3n) is 4.28. The number of nitrogens with two attached hydrogens (primary N) is 1. The molecule has 0 saturated carbocycles. The summed E-state index contributed by atoms with van der Waals surface area (Å²) in [5.74, 6) is 0.117. The highest BCUT2D eigenvalue weighted by molar-refractivity contribution is 7.89. The molecule has 112 valence electrons. The van der Waals surface area contributed by atoms with Gasteiger partial charge >= 0.3 is 0 Å². The molecule has 0 aromatic carbocycles. The van der Waals surface area contributed by atoms with Gasteiger partial charge in [-0.05, 0) is 32.4 Å². The van der Waals surface area contributed by atoms with Crippen molar-refractivity contribution < 1.29 is 8.42 Å². The molecule has 2 aliphatic rings. The molecule has 0 spiro atoms. The average Bonchev–Trinajstić information content (AvgIpc) is 3.08. The predicted molar refractivity (Wildman–Crippen MR) is 75.6 cm³/mol. The Balaban J connectivity index is 1.72. The number of aromatic amines is 1. The number of aromatic nitrogens is 2. The highest BCUT2D eigenvalue weighted by Gasteiger charge is 2.36. The second-order valence-corrected chi connectivity index (χ2v) is 7.46. The molecule has 8 heteroatoms. The van der Waals surface area contributed by atoms with Crippen molar-refractivity contribution in [1.82, 2.24) is 19.4 Å². The van der Waals surface area contributed by atoms with Crippen LogP contribution in [0.3, 0.4) is 0 Å². The quantitative estimate of drug-likeness (QED) is 0.833. The Morgan fingerprint density at radius 1 is 1.25 bits per heavy atom. The largest absolute Gasteiger partial charge is 0.383 e. The Kier molecular flexibility index (Phi) is 3.70. The lowest BCUT2D eigenvalue weighted by Gasteiger charge is -2.32. The highest BCUT2D eigenvalue weighted by Crippen LogP contribution is 2.27. The van der Waals surface area contributed by atoms with Crippen LogP contribution in [0, 0.1) is 0 Å². The summed E-state index contributed by atoms with van der Waals surface area (Å²) in [6, 6.07) is 0.346. The Morgan fingerprint density at radius 3 is 2.65 bits per heavy atom. The van der Waals surface area contributed by atoms with Gasteiger partial charge in [0.1, 0.15) is 10.7 Å². The topological polar surface area (TPSA) is 95.3 Å². The highest BCUT2D eigenvalue weighted by atomic mass is 32.2. The van der Waals surface area contributed by atoms with Gasteiger partial charge in [0.15, 0.2) is 0 Å². The van der Waals surface area contributed by atoms with Crippen molar-refractivity contribution in [1.29, 1.82) is 0 Å². The van der Waals surface area contributed by atoms with Crippen LogP contribution in [0.25, 0.3) is 0 Å². The molecular formula is C12H21N5O2S. The van der Waals surface area contributed by atoms with Crippen LogP contribution < -0.4 is 5.73 Å². The van der Waals surface area contributed by atoms with E-state index in [-0.39, 0.29) is 10.7 Å². The molecule has 2 aliphatic heterocycles. The minimum atomic E-state index is -3.51. The molecule has 2 saturated heterocycles. The number of hydrogen-bond donors (Lipinski definition) is 2. The zero-order valence-corrected chi connectivity index (χ0v) is 12.3. The number of likely N-dealkylation sites (tertiary alicyclic amines) is 1. The van der Waals surface area contributed by atoms with E-state index in [1.165, 1.54) is 29.8 Å². The number of H-pyrrole nitrogens is 1. The van der Waals surface area contributed by atoms with E-state index in [0.29, 0.717) is 19.1 Å². The molecule has 1 aromatic rings. The zero-order valence-electron chi connectivity index (χ0n) is 11.5. The summed E-state index contributed by atoms with van der Waals surface area (Å²) < 4.78 is 26.6. The van der Waals surface area contributed by atoms with Gasteiger partial charge < -0.3 is 5.73 Å². The van der Waals surface area contributed by atoms with Crippen molar-refractivity contribution in [3.8, 4) is 0 Å². The lowest BCUT2D eigenvalue weighted by molar-refractivity contribution is 0.169. The Bertz CT molecular complexity index is 564. The lowest BCUT2D eigenvalue weighted by Crippen LogP contribution is -2.41. The van der Waals surface area contributed by atoms with Crippen LogP contribution in [0.2, 0.25) is 0 Å². The van der Waals surface area contributed by atoms with Crippen molar-refractivity contribution in [2.45, 2.75) is 36.6 Å². The summed E-state index contributed by atoms with van der Waals surface area (Å²) in [7, 11) is -3.51. The van der Waals surface area contributed by atoms with Crippen LogP contribution in [0.15, 0.2) is 11.1 Å². The van der Waals surface area contributed by atoms with Crippen LogP contribution in [0.5, 0.6) is 0 Å². The Labute approximate surface area is 119 Å². The lowest BCUT2D eigenvalue weighted by atomic mass is 10.1. The number of piperidine rings is 1.